The minimum absolute atomic E-state index is 0.0296. The zero-order valence-corrected chi connectivity index (χ0v) is 11.6. The number of hydrogen-bond acceptors (Lipinski definition) is 2. The first-order valence-corrected chi connectivity index (χ1v) is 7.61. The SMILES string of the molecule is CC1CCCN(C(=O)C23CCC(N)(CC2)CC3)C1. The van der Waals surface area contributed by atoms with Crippen LogP contribution >= 0.6 is 0 Å². The predicted molar refractivity (Wildman–Crippen MR) is 72.0 cm³/mol. The molecule has 0 radical (unpaired) electrons. The molecule has 4 aliphatic rings. The van der Waals surface area contributed by atoms with E-state index in [-0.39, 0.29) is 11.0 Å². The molecule has 0 aromatic rings. The molecule has 2 N–H and O–H groups in total. The van der Waals surface area contributed by atoms with Crippen LogP contribution in [0.15, 0.2) is 0 Å². The lowest BCUT2D eigenvalue weighted by Gasteiger charge is -2.52. The van der Waals surface area contributed by atoms with Gasteiger partial charge in [0.25, 0.3) is 0 Å². The Balaban J connectivity index is 1.72. The molecule has 1 aliphatic heterocycles. The summed E-state index contributed by atoms with van der Waals surface area (Å²) < 4.78 is 0. The standard InChI is InChI=1S/C15H26N2O/c1-12-3-2-10-17(11-12)13(18)14-4-7-15(16,8-5-14)9-6-14/h12H,2-11,16H2,1H3. The topological polar surface area (TPSA) is 46.3 Å². The van der Waals surface area contributed by atoms with Crippen molar-refractivity contribution < 1.29 is 4.79 Å². The van der Waals surface area contributed by atoms with Crippen molar-refractivity contribution in [1.29, 1.82) is 0 Å². The van der Waals surface area contributed by atoms with Crippen LogP contribution in [0.2, 0.25) is 0 Å². The van der Waals surface area contributed by atoms with Crippen LogP contribution in [-0.2, 0) is 4.79 Å². The molecule has 1 atom stereocenters. The number of fused-ring (bicyclic) bond motifs is 3. The van der Waals surface area contributed by atoms with E-state index in [1.54, 1.807) is 0 Å². The Labute approximate surface area is 110 Å². The van der Waals surface area contributed by atoms with Crippen LogP contribution < -0.4 is 5.73 Å². The molecule has 2 bridgehead atoms. The molecule has 4 fully saturated rings. The van der Waals surface area contributed by atoms with Crippen LogP contribution in [0, 0.1) is 11.3 Å². The number of nitrogens with two attached hydrogens (primary N) is 1. The first-order chi connectivity index (χ1) is 8.53. The first-order valence-electron chi connectivity index (χ1n) is 7.61. The summed E-state index contributed by atoms with van der Waals surface area (Å²) in [6.45, 7) is 4.23. The lowest BCUT2D eigenvalue weighted by molar-refractivity contribution is -0.150. The average molecular weight is 250 g/mol. The van der Waals surface area contributed by atoms with Crippen molar-refractivity contribution in [3.8, 4) is 0 Å². The van der Waals surface area contributed by atoms with Crippen molar-refractivity contribution in [1.82, 2.24) is 4.90 Å². The Hall–Kier alpha value is -0.570. The number of rotatable bonds is 1. The van der Waals surface area contributed by atoms with Gasteiger partial charge in [0.05, 0.1) is 0 Å². The van der Waals surface area contributed by atoms with Gasteiger partial charge in [-0.25, -0.2) is 0 Å². The second-order valence-corrected chi connectivity index (χ2v) is 7.14. The Morgan fingerprint density at radius 1 is 1.17 bits per heavy atom. The third-order valence-electron chi connectivity index (χ3n) is 5.70. The quantitative estimate of drug-likeness (QED) is 0.776. The Morgan fingerprint density at radius 3 is 2.33 bits per heavy atom. The van der Waals surface area contributed by atoms with Crippen molar-refractivity contribution in [2.75, 3.05) is 13.1 Å². The fourth-order valence-corrected chi connectivity index (χ4v) is 4.24. The number of hydrogen-bond donors (Lipinski definition) is 1. The normalized spacial score (nSPS) is 44.1. The first kappa shape index (κ1) is 12.5. The Kier molecular flexibility index (Phi) is 2.92. The minimum atomic E-state index is -0.0296. The number of piperidine rings is 1. The Morgan fingerprint density at radius 2 is 1.78 bits per heavy atom. The number of carbonyl (C=O) groups is 1. The maximum atomic E-state index is 12.9. The molecule has 3 aliphatic carbocycles. The molecule has 1 unspecified atom stereocenters. The maximum absolute atomic E-state index is 12.9. The number of carbonyl (C=O) groups excluding carboxylic acids is 1. The van der Waals surface area contributed by atoms with Gasteiger partial charge in [0, 0.05) is 24.0 Å². The highest BCUT2D eigenvalue weighted by Crippen LogP contribution is 2.52. The minimum Gasteiger partial charge on any atom is -0.342 e. The van der Waals surface area contributed by atoms with E-state index in [0.29, 0.717) is 11.8 Å². The van der Waals surface area contributed by atoms with Crippen molar-refractivity contribution >= 4 is 5.91 Å². The maximum Gasteiger partial charge on any atom is 0.228 e. The molecule has 0 aromatic carbocycles. The lowest BCUT2D eigenvalue weighted by atomic mass is 9.57. The van der Waals surface area contributed by atoms with E-state index in [0.717, 1.165) is 51.6 Å². The highest BCUT2D eigenvalue weighted by Gasteiger charge is 2.52. The molecule has 0 spiro atoms. The van der Waals surface area contributed by atoms with Gasteiger partial charge in [-0.3, -0.25) is 4.79 Å². The van der Waals surface area contributed by atoms with Crippen LogP contribution in [-0.4, -0.2) is 29.4 Å². The van der Waals surface area contributed by atoms with Gasteiger partial charge in [-0.15, -0.1) is 0 Å². The zero-order chi connectivity index (χ0) is 12.8. The van der Waals surface area contributed by atoms with Crippen molar-refractivity contribution in [3.05, 3.63) is 0 Å². The summed E-state index contributed by atoms with van der Waals surface area (Å²) in [5.41, 5.74) is 6.37. The summed E-state index contributed by atoms with van der Waals surface area (Å²) in [7, 11) is 0. The molecule has 18 heavy (non-hydrogen) atoms. The van der Waals surface area contributed by atoms with Gasteiger partial charge in [0.2, 0.25) is 5.91 Å². The van der Waals surface area contributed by atoms with Gasteiger partial charge in [-0.2, -0.15) is 0 Å². The Bertz CT molecular complexity index is 328. The number of likely N-dealkylation sites (tertiary alicyclic amines) is 1. The van der Waals surface area contributed by atoms with E-state index < -0.39 is 0 Å². The molecule has 1 saturated heterocycles. The van der Waals surface area contributed by atoms with Gasteiger partial charge in [-0.05, 0) is 57.3 Å². The van der Waals surface area contributed by atoms with Gasteiger partial charge < -0.3 is 10.6 Å². The third-order valence-corrected chi connectivity index (χ3v) is 5.70. The molecule has 0 aromatic heterocycles. The van der Waals surface area contributed by atoms with E-state index in [9.17, 15) is 4.79 Å². The summed E-state index contributed by atoms with van der Waals surface area (Å²) >= 11 is 0. The molecule has 1 heterocycles. The van der Waals surface area contributed by atoms with Crippen LogP contribution in [0.25, 0.3) is 0 Å². The van der Waals surface area contributed by atoms with Gasteiger partial charge >= 0.3 is 0 Å². The van der Waals surface area contributed by atoms with Crippen LogP contribution in [0.1, 0.15) is 58.3 Å². The fraction of sp³-hybridized carbons (Fsp3) is 0.933. The second kappa shape index (κ2) is 4.22. The van der Waals surface area contributed by atoms with Gasteiger partial charge in [-0.1, -0.05) is 6.92 Å². The van der Waals surface area contributed by atoms with E-state index in [1.165, 1.54) is 12.8 Å². The largest absolute Gasteiger partial charge is 0.342 e. The molecule has 3 nitrogen and oxygen atoms in total. The third kappa shape index (κ3) is 1.97. The lowest BCUT2D eigenvalue weighted by Crippen LogP contribution is -2.58. The van der Waals surface area contributed by atoms with Crippen LogP contribution in [0.3, 0.4) is 0 Å². The van der Waals surface area contributed by atoms with Crippen LogP contribution in [0.4, 0.5) is 0 Å². The number of amides is 1. The zero-order valence-electron chi connectivity index (χ0n) is 11.6. The van der Waals surface area contributed by atoms with Gasteiger partial charge in [0.1, 0.15) is 0 Å². The highest BCUT2D eigenvalue weighted by molar-refractivity contribution is 5.83. The average Bonchev–Trinajstić information content (AvgIpc) is 2.39. The second-order valence-electron chi connectivity index (χ2n) is 7.14. The molecular weight excluding hydrogens is 224 g/mol. The predicted octanol–water partition coefficient (Wildman–Crippen LogP) is 2.30. The number of nitrogens with zero attached hydrogens (tertiary/aromatic N) is 1. The molecule has 1 amide bonds. The van der Waals surface area contributed by atoms with Crippen LogP contribution in [0.5, 0.6) is 0 Å². The van der Waals surface area contributed by atoms with Crippen molar-refractivity contribution in [3.63, 3.8) is 0 Å². The molecular formula is C15H26N2O. The highest BCUT2D eigenvalue weighted by atomic mass is 16.2. The van der Waals surface area contributed by atoms with Gasteiger partial charge in [0.15, 0.2) is 0 Å². The summed E-state index contributed by atoms with van der Waals surface area (Å²) in [5.74, 6) is 1.13. The molecule has 4 rings (SSSR count). The fourth-order valence-electron chi connectivity index (χ4n) is 4.24. The smallest absolute Gasteiger partial charge is 0.228 e. The van der Waals surface area contributed by atoms with E-state index in [2.05, 4.69) is 11.8 Å². The van der Waals surface area contributed by atoms with E-state index >= 15 is 0 Å². The summed E-state index contributed by atoms with van der Waals surface area (Å²) in [6.07, 6.45) is 8.74. The summed E-state index contributed by atoms with van der Waals surface area (Å²) in [4.78, 5) is 15.0. The molecule has 3 saturated carbocycles. The summed E-state index contributed by atoms with van der Waals surface area (Å²) in [5, 5.41) is 0. The monoisotopic (exact) mass is 250 g/mol. The summed E-state index contributed by atoms with van der Waals surface area (Å²) in [6, 6.07) is 0. The van der Waals surface area contributed by atoms with Crippen molar-refractivity contribution in [2.45, 2.75) is 63.8 Å². The van der Waals surface area contributed by atoms with Crippen molar-refractivity contribution in [2.24, 2.45) is 17.1 Å². The van der Waals surface area contributed by atoms with E-state index in [1.807, 2.05) is 0 Å². The molecule has 3 heteroatoms. The molecule has 102 valence electrons. The van der Waals surface area contributed by atoms with E-state index in [4.69, 9.17) is 5.73 Å².